The van der Waals surface area contributed by atoms with Crippen LogP contribution in [0.5, 0.6) is 0 Å². The molecule has 114 valence electrons. The lowest BCUT2D eigenvalue weighted by Crippen LogP contribution is -2.49. The predicted octanol–water partition coefficient (Wildman–Crippen LogP) is 2.05. The summed E-state index contributed by atoms with van der Waals surface area (Å²) in [5, 5.41) is 0.541. The van der Waals surface area contributed by atoms with E-state index in [1.807, 2.05) is 19.1 Å². The van der Waals surface area contributed by atoms with E-state index < -0.39 is 5.54 Å². The molecule has 5 heteroatoms. The molecule has 0 aliphatic heterocycles. The average molecular weight is 298 g/mol. The quantitative estimate of drug-likeness (QED) is 0.756. The van der Waals surface area contributed by atoms with E-state index in [4.69, 9.17) is 0 Å². The minimum absolute atomic E-state index is 0.0573. The molecule has 5 nitrogen and oxygen atoms in total. The summed E-state index contributed by atoms with van der Waals surface area (Å²) in [5.41, 5.74) is 0.289. The molecular weight excluding hydrogens is 280 g/mol. The van der Waals surface area contributed by atoms with Crippen molar-refractivity contribution in [1.82, 2.24) is 9.55 Å². The third kappa shape index (κ3) is 2.00. The van der Waals surface area contributed by atoms with Gasteiger partial charge in [-0.05, 0) is 38.8 Å². The summed E-state index contributed by atoms with van der Waals surface area (Å²) in [4.78, 5) is 41.4. The van der Waals surface area contributed by atoms with E-state index in [0.29, 0.717) is 29.6 Å². The van der Waals surface area contributed by atoms with Gasteiger partial charge in [0.2, 0.25) is 0 Å². The monoisotopic (exact) mass is 298 g/mol. The van der Waals surface area contributed by atoms with Crippen molar-refractivity contribution in [3.05, 3.63) is 39.9 Å². The lowest BCUT2D eigenvalue weighted by atomic mass is 9.81. The number of hydrogen-bond acceptors (Lipinski definition) is 4. The maximum Gasteiger partial charge on any atom is 0.262 e. The van der Waals surface area contributed by atoms with E-state index in [1.54, 1.807) is 19.9 Å². The molecule has 0 amide bonds. The van der Waals surface area contributed by atoms with Gasteiger partial charge in [0.15, 0.2) is 5.78 Å². The molecule has 1 atom stereocenters. The van der Waals surface area contributed by atoms with Gasteiger partial charge < -0.3 is 0 Å². The number of fused-ring (bicyclic) bond motifs is 1. The number of nitrogens with zero attached hydrogens (tertiary/aromatic N) is 2. The minimum Gasteiger partial charge on any atom is -0.299 e. The van der Waals surface area contributed by atoms with Crippen molar-refractivity contribution in [2.75, 3.05) is 0 Å². The van der Waals surface area contributed by atoms with Gasteiger partial charge >= 0.3 is 0 Å². The first-order valence-corrected chi connectivity index (χ1v) is 7.39. The number of aromatic nitrogens is 2. The van der Waals surface area contributed by atoms with Gasteiger partial charge in [0.05, 0.1) is 17.3 Å². The van der Waals surface area contributed by atoms with Crippen molar-refractivity contribution >= 4 is 22.5 Å². The van der Waals surface area contributed by atoms with Crippen LogP contribution >= 0.6 is 0 Å². The van der Waals surface area contributed by atoms with Gasteiger partial charge in [0.25, 0.3) is 5.56 Å². The SMILES string of the molecule is Cc1cccc2nc(C)n([C@@]3(C)CCC(=O)CC3=O)c(=O)c12. The lowest BCUT2D eigenvalue weighted by Gasteiger charge is -2.34. The Morgan fingerprint density at radius 1 is 1.18 bits per heavy atom. The molecule has 1 fully saturated rings. The molecule has 1 aliphatic rings. The van der Waals surface area contributed by atoms with Crippen LogP contribution in [-0.2, 0) is 15.1 Å². The highest BCUT2D eigenvalue weighted by Gasteiger charge is 2.41. The fourth-order valence-corrected chi connectivity index (χ4v) is 3.30. The Balaban J connectivity index is 2.32. The topological polar surface area (TPSA) is 69.0 Å². The highest BCUT2D eigenvalue weighted by Crippen LogP contribution is 2.30. The molecule has 1 heterocycles. The van der Waals surface area contributed by atoms with Crippen LogP contribution < -0.4 is 5.56 Å². The van der Waals surface area contributed by atoms with Crippen molar-refractivity contribution in [1.29, 1.82) is 0 Å². The number of aryl methyl sites for hydroxylation is 2. The highest BCUT2D eigenvalue weighted by molar-refractivity contribution is 6.05. The third-order valence-corrected chi connectivity index (χ3v) is 4.62. The second-order valence-corrected chi connectivity index (χ2v) is 6.18. The molecule has 22 heavy (non-hydrogen) atoms. The van der Waals surface area contributed by atoms with Crippen molar-refractivity contribution in [3.8, 4) is 0 Å². The number of carbonyl (C=O) groups is 2. The summed E-state index contributed by atoms with van der Waals surface area (Å²) in [6.07, 6.45) is 0.568. The molecule has 1 aromatic carbocycles. The Bertz CT molecular complexity index is 866. The Morgan fingerprint density at radius 2 is 1.91 bits per heavy atom. The van der Waals surface area contributed by atoms with Crippen molar-refractivity contribution in [2.24, 2.45) is 0 Å². The molecule has 1 aromatic heterocycles. The Kier molecular flexibility index (Phi) is 3.24. The van der Waals surface area contributed by atoms with Gasteiger partial charge in [-0.1, -0.05) is 12.1 Å². The van der Waals surface area contributed by atoms with Crippen LogP contribution in [0.1, 0.15) is 37.6 Å². The largest absolute Gasteiger partial charge is 0.299 e. The number of carbonyl (C=O) groups excluding carboxylic acids is 2. The Morgan fingerprint density at radius 3 is 2.59 bits per heavy atom. The van der Waals surface area contributed by atoms with Gasteiger partial charge in [-0.2, -0.15) is 0 Å². The summed E-state index contributed by atoms with van der Waals surface area (Å²) in [6, 6.07) is 5.52. The summed E-state index contributed by atoms with van der Waals surface area (Å²) < 4.78 is 1.48. The average Bonchev–Trinajstić information content (AvgIpc) is 2.43. The first kappa shape index (κ1) is 14.6. The zero-order valence-electron chi connectivity index (χ0n) is 13.0. The van der Waals surface area contributed by atoms with Crippen molar-refractivity contribution in [2.45, 2.75) is 45.6 Å². The van der Waals surface area contributed by atoms with E-state index in [0.717, 1.165) is 5.56 Å². The fraction of sp³-hybridized carbons (Fsp3) is 0.412. The van der Waals surface area contributed by atoms with Crippen LogP contribution in [0.25, 0.3) is 10.9 Å². The number of ketones is 2. The minimum atomic E-state index is -0.988. The summed E-state index contributed by atoms with van der Waals surface area (Å²) in [7, 11) is 0. The van der Waals surface area contributed by atoms with Gasteiger partial charge in [0.1, 0.15) is 17.1 Å². The zero-order valence-corrected chi connectivity index (χ0v) is 13.0. The van der Waals surface area contributed by atoms with E-state index in [-0.39, 0.29) is 23.5 Å². The highest BCUT2D eigenvalue weighted by atomic mass is 16.2. The zero-order chi connectivity index (χ0) is 16.1. The fourth-order valence-electron chi connectivity index (χ4n) is 3.30. The molecule has 0 unspecified atom stereocenters. The van der Waals surface area contributed by atoms with Crippen LogP contribution in [-0.4, -0.2) is 21.1 Å². The molecule has 3 rings (SSSR count). The number of rotatable bonds is 1. The maximum atomic E-state index is 13.0. The molecule has 2 aromatic rings. The normalized spacial score (nSPS) is 22.3. The molecule has 0 bridgehead atoms. The smallest absolute Gasteiger partial charge is 0.262 e. The standard InChI is InChI=1S/C17H18N2O3/c1-10-5-4-6-13-15(10)16(22)19(11(2)18-13)17(3)8-7-12(20)9-14(17)21/h4-6H,7-9H2,1-3H3/t17-/m0/s1. The molecule has 0 radical (unpaired) electrons. The van der Waals surface area contributed by atoms with Crippen LogP contribution in [0.15, 0.2) is 23.0 Å². The summed E-state index contributed by atoms with van der Waals surface area (Å²) in [5.74, 6) is 0.245. The van der Waals surface area contributed by atoms with Gasteiger partial charge in [-0.25, -0.2) is 4.98 Å². The van der Waals surface area contributed by atoms with Gasteiger partial charge in [-0.3, -0.25) is 19.0 Å². The third-order valence-electron chi connectivity index (χ3n) is 4.62. The number of hydrogen-bond donors (Lipinski definition) is 0. The van der Waals surface area contributed by atoms with Crippen LogP contribution in [0, 0.1) is 13.8 Å². The van der Waals surface area contributed by atoms with E-state index in [9.17, 15) is 14.4 Å². The predicted molar refractivity (Wildman–Crippen MR) is 83.0 cm³/mol. The molecular formula is C17H18N2O3. The molecule has 1 aliphatic carbocycles. The van der Waals surface area contributed by atoms with Gasteiger partial charge in [0, 0.05) is 6.42 Å². The van der Waals surface area contributed by atoms with E-state index >= 15 is 0 Å². The van der Waals surface area contributed by atoms with E-state index in [1.165, 1.54) is 4.57 Å². The maximum absolute atomic E-state index is 13.0. The number of benzene rings is 1. The van der Waals surface area contributed by atoms with Crippen molar-refractivity contribution < 1.29 is 9.59 Å². The Hall–Kier alpha value is -2.30. The molecule has 0 saturated heterocycles. The molecule has 1 saturated carbocycles. The summed E-state index contributed by atoms with van der Waals surface area (Å²) in [6.45, 7) is 5.33. The number of Topliss-reactive ketones (excluding diaryl/α,β-unsaturated/α-hetero) is 2. The Labute approximate surface area is 128 Å². The summed E-state index contributed by atoms with van der Waals surface area (Å²) >= 11 is 0. The lowest BCUT2D eigenvalue weighted by molar-refractivity contribution is -0.136. The van der Waals surface area contributed by atoms with E-state index in [2.05, 4.69) is 4.98 Å². The first-order valence-electron chi connectivity index (χ1n) is 7.39. The molecule has 0 N–H and O–H groups in total. The van der Waals surface area contributed by atoms with Crippen LogP contribution in [0.3, 0.4) is 0 Å². The second-order valence-electron chi connectivity index (χ2n) is 6.18. The molecule has 0 spiro atoms. The van der Waals surface area contributed by atoms with Crippen LogP contribution in [0.4, 0.5) is 0 Å². The first-order chi connectivity index (χ1) is 10.3. The van der Waals surface area contributed by atoms with Gasteiger partial charge in [-0.15, -0.1) is 0 Å². The second kappa shape index (κ2) is 4.87. The van der Waals surface area contributed by atoms with Crippen LogP contribution in [0.2, 0.25) is 0 Å². The van der Waals surface area contributed by atoms with Crippen molar-refractivity contribution in [3.63, 3.8) is 0 Å².